The lowest BCUT2D eigenvalue weighted by molar-refractivity contribution is 0.602. The van der Waals surface area contributed by atoms with E-state index in [2.05, 4.69) is 5.10 Å². The first-order chi connectivity index (χ1) is 10.8. The third-order valence-corrected chi connectivity index (χ3v) is 5.49. The predicted molar refractivity (Wildman–Crippen MR) is 94.5 cm³/mol. The first-order valence-corrected chi connectivity index (χ1v) is 9.60. The van der Waals surface area contributed by atoms with E-state index in [4.69, 9.17) is 23.2 Å². The minimum atomic E-state index is -3.19. The summed E-state index contributed by atoms with van der Waals surface area (Å²) < 4.78 is 23.0. The van der Waals surface area contributed by atoms with Gasteiger partial charge in [-0.25, -0.2) is 8.42 Å². The van der Waals surface area contributed by atoms with Crippen LogP contribution in [0.1, 0.15) is 12.0 Å². The number of nitrogens with zero attached hydrogens (tertiary/aromatic N) is 2. The smallest absolute Gasteiger partial charge is 0.175 e. The Kier molecular flexibility index (Phi) is 4.36. The maximum absolute atomic E-state index is 11.5. The van der Waals surface area contributed by atoms with E-state index < -0.39 is 9.84 Å². The zero-order valence-corrected chi connectivity index (χ0v) is 14.7. The molecular formula is C16H14Cl2N2O2S. The number of hydrogen-bond acceptors (Lipinski definition) is 4. The monoisotopic (exact) mass is 368 g/mol. The van der Waals surface area contributed by atoms with Crippen LogP contribution in [0.15, 0.2) is 52.5 Å². The minimum Gasteiger partial charge on any atom is -0.265 e. The third kappa shape index (κ3) is 3.52. The standard InChI is InChI=1S/C16H14Cl2N2O2S/c1-23(21,22)13-5-3-12(4-6-13)20-9-8-16(19-20)11-2-7-14(17)15(18)10-11/h2-7,10H,8-9H2,1H3. The third-order valence-electron chi connectivity index (χ3n) is 3.62. The van der Waals surface area contributed by atoms with Gasteiger partial charge in [-0.05, 0) is 42.0 Å². The van der Waals surface area contributed by atoms with E-state index in [1.165, 1.54) is 6.26 Å². The molecule has 0 saturated heterocycles. The number of hydrogen-bond donors (Lipinski definition) is 0. The van der Waals surface area contributed by atoms with Gasteiger partial charge in [0.2, 0.25) is 0 Å². The van der Waals surface area contributed by atoms with Crippen LogP contribution in [-0.2, 0) is 9.84 Å². The van der Waals surface area contributed by atoms with Crippen LogP contribution in [0.25, 0.3) is 0 Å². The lowest BCUT2D eigenvalue weighted by atomic mass is 10.1. The summed E-state index contributed by atoms with van der Waals surface area (Å²) in [5.41, 5.74) is 2.72. The van der Waals surface area contributed by atoms with Crippen LogP contribution in [-0.4, -0.2) is 26.9 Å². The number of sulfone groups is 1. The molecule has 0 bridgehead atoms. The average molecular weight is 369 g/mol. The average Bonchev–Trinajstić information content (AvgIpc) is 2.99. The second kappa shape index (κ2) is 6.15. The maximum atomic E-state index is 11.5. The molecule has 4 nitrogen and oxygen atoms in total. The summed E-state index contributed by atoms with van der Waals surface area (Å²) >= 11 is 12.0. The molecule has 0 saturated carbocycles. The van der Waals surface area contributed by atoms with Crippen molar-refractivity contribution in [3.63, 3.8) is 0 Å². The number of anilines is 1. The largest absolute Gasteiger partial charge is 0.265 e. The zero-order valence-electron chi connectivity index (χ0n) is 12.3. The topological polar surface area (TPSA) is 49.7 Å². The van der Waals surface area contributed by atoms with E-state index in [0.29, 0.717) is 14.9 Å². The molecule has 0 N–H and O–H groups in total. The second-order valence-corrected chi connectivity index (χ2v) is 8.14. The molecule has 1 heterocycles. The van der Waals surface area contributed by atoms with Crippen LogP contribution in [0.5, 0.6) is 0 Å². The van der Waals surface area contributed by atoms with E-state index >= 15 is 0 Å². The molecule has 0 spiro atoms. The van der Waals surface area contributed by atoms with Crippen LogP contribution in [0, 0.1) is 0 Å². The molecular weight excluding hydrogens is 355 g/mol. The molecule has 120 valence electrons. The van der Waals surface area contributed by atoms with Gasteiger partial charge in [-0.2, -0.15) is 5.10 Å². The van der Waals surface area contributed by atoms with Crippen molar-refractivity contribution in [2.45, 2.75) is 11.3 Å². The zero-order chi connectivity index (χ0) is 16.6. The van der Waals surface area contributed by atoms with Crippen molar-refractivity contribution in [3.05, 3.63) is 58.1 Å². The fourth-order valence-corrected chi connectivity index (χ4v) is 3.32. The fourth-order valence-electron chi connectivity index (χ4n) is 2.39. The van der Waals surface area contributed by atoms with Crippen molar-refractivity contribution in [3.8, 4) is 0 Å². The van der Waals surface area contributed by atoms with Crippen molar-refractivity contribution in [2.75, 3.05) is 17.8 Å². The molecule has 0 amide bonds. The van der Waals surface area contributed by atoms with E-state index in [0.717, 1.165) is 29.9 Å². The molecule has 2 aromatic rings. The molecule has 2 aromatic carbocycles. The van der Waals surface area contributed by atoms with E-state index in [1.807, 2.05) is 11.1 Å². The lowest BCUT2D eigenvalue weighted by Gasteiger charge is -2.13. The Morgan fingerprint density at radius 1 is 1.04 bits per heavy atom. The van der Waals surface area contributed by atoms with Crippen LogP contribution in [0.3, 0.4) is 0 Å². The summed E-state index contributed by atoms with van der Waals surface area (Å²) in [4.78, 5) is 0.300. The normalized spacial score (nSPS) is 14.9. The van der Waals surface area contributed by atoms with E-state index in [1.54, 1.807) is 36.4 Å². The van der Waals surface area contributed by atoms with Gasteiger partial charge < -0.3 is 0 Å². The van der Waals surface area contributed by atoms with Crippen molar-refractivity contribution in [1.82, 2.24) is 0 Å². The van der Waals surface area contributed by atoms with Crippen LogP contribution in [0.4, 0.5) is 5.69 Å². The quantitative estimate of drug-likeness (QED) is 0.821. The van der Waals surface area contributed by atoms with Gasteiger partial charge in [0.05, 0.1) is 26.3 Å². The van der Waals surface area contributed by atoms with Crippen LogP contribution in [0.2, 0.25) is 10.0 Å². The molecule has 3 rings (SSSR count). The summed E-state index contributed by atoms with van der Waals surface area (Å²) in [6.45, 7) is 0.730. The number of halogens is 2. The number of benzene rings is 2. The first-order valence-electron chi connectivity index (χ1n) is 6.95. The number of hydrazone groups is 1. The Balaban J connectivity index is 1.85. The van der Waals surface area contributed by atoms with E-state index in [-0.39, 0.29) is 0 Å². The molecule has 0 radical (unpaired) electrons. The maximum Gasteiger partial charge on any atom is 0.175 e. The highest BCUT2D eigenvalue weighted by molar-refractivity contribution is 7.90. The van der Waals surface area contributed by atoms with Crippen molar-refractivity contribution < 1.29 is 8.42 Å². The predicted octanol–water partition coefficient (Wildman–Crippen LogP) is 4.01. The molecule has 0 aromatic heterocycles. The Morgan fingerprint density at radius 2 is 1.74 bits per heavy atom. The van der Waals surface area contributed by atoms with Crippen molar-refractivity contribution in [2.24, 2.45) is 5.10 Å². The lowest BCUT2D eigenvalue weighted by Crippen LogP contribution is -2.11. The van der Waals surface area contributed by atoms with Crippen LogP contribution >= 0.6 is 23.2 Å². The van der Waals surface area contributed by atoms with E-state index in [9.17, 15) is 8.42 Å². The van der Waals surface area contributed by atoms with Gasteiger partial charge in [0.25, 0.3) is 0 Å². The Morgan fingerprint density at radius 3 is 2.35 bits per heavy atom. The molecule has 0 fully saturated rings. The van der Waals surface area contributed by atoms with Gasteiger partial charge in [-0.3, -0.25) is 5.01 Å². The summed E-state index contributed by atoms with van der Waals surface area (Å²) in [7, 11) is -3.19. The summed E-state index contributed by atoms with van der Waals surface area (Å²) in [6.07, 6.45) is 1.98. The summed E-state index contributed by atoms with van der Waals surface area (Å²) in [5.74, 6) is 0. The molecule has 7 heteroatoms. The summed E-state index contributed by atoms with van der Waals surface area (Å²) in [5, 5.41) is 7.46. The first kappa shape index (κ1) is 16.3. The molecule has 1 aliphatic rings. The molecule has 0 aliphatic carbocycles. The van der Waals surface area contributed by atoms with Gasteiger partial charge in [-0.1, -0.05) is 29.3 Å². The van der Waals surface area contributed by atoms with Crippen LogP contribution < -0.4 is 5.01 Å². The van der Waals surface area contributed by atoms with Gasteiger partial charge in [0.15, 0.2) is 9.84 Å². The highest BCUT2D eigenvalue weighted by atomic mass is 35.5. The fraction of sp³-hybridized carbons (Fsp3) is 0.188. The SMILES string of the molecule is CS(=O)(=O)c1ccc(N2CCC(c3ccc(Cl)c(Cl)c3)=N2)cc1. The molecule has 0 atom stereocenters. The molecule has 0 unspecified atom stereocenters. The van der Waals surface area contributed by atoms with Crippen molar-refractivity contribution >= 4 is 44.4 Å². The minimum absolute atomic E-state index is 0.300. The highest BCUT2D eigenvalue weighted by Gasteiger charge is 2.18. The second-order valence-electron chi connectivity index (χ2n) is 5.31. The Labute approximate surface area is 145 Å². The Hall–Kier alpha value is -1.56. The number of rotatable bonds is 3. The molecule has 23 heavy (non-hydrogen) atoms. The van der Waals surface area contributed by atoms with Gasteiger partial charge in [0, 0.05) is 19.2 Å². The van der Waals surface area contributed by atoms with Gasteiger partial charge in [0.1, 0.15) is 0 Å². The van der Waals surface area contributed by atoms with Crippen molar-refractivity contribution in [1.29, 1.82) is 0 Å². The highest BCUT2D eigenvalue weighted by Crippen LogP contribution is 2.27. The van der Waals surface area contributed by atoms with Gasteiger partial charge in [-0.15, -0.1) is 0 Å². The summed E-state index contributed by atoms with van der Waals surface area (Å²) in [6, 6.07) is 12.2. The Bertz CT molecular complexity index is 877. The molecule has 1 aliphatic heterocycles. The van der Waals surface area contributed by atoms with Gasteiger partial charge >= 0.3 is 0 Å².